The van der Waals surface area contributed by atoms with Crippen molar-refractivity contribution in [2.75, 3.05) is 0 Å². The van der Waals surface area contributed by atoms with Crippen LogP contribution in [0.1, 0.15) is 12.5 Å². The lowest BCUT2D eigenvalue weighted by Gasteiger charge is -2.14. The number of benzene rings is 2. The fourth-order valence-corrected chi connectivity index (χ4v) is 1.76. The Morgan fingerprint density at radius 2 is 1.76 bits per heavy atom. The molecule has 21 heavy (non-hydrogen) atoms. The van der Waals surface area contributed by atoms with Gasteiger partial charge in [0, 0.05) is 5.02 Å². The molecule has 0 saturated carbocycles. The van der Waals surface area contributed by atoms with Gasteiger partial charge in [-0.3, -0.25) is 0 Å². The Balaban J connectivity index is 1.98. The summed E-state index contributed by atoms with van der Waals surface area (Å²) in [5, 5.41) is 0.629. The van der Waals surface area contributed by atoms with E-state index < -0.39 is 17.9 Å². The summed E-state index contributed by atoms with van der Waals surface area (Å²) in [5.74, 6) is -0.158. The second kappa shape index (κ2) is 6.59. The van der Waals surface area contributed by atoms with Crippen LogP contribution in [-0.4, -0.2) is 12.1 Å². The Hall–Kier alpha value is -2.07. The molecule has 110 valence electrons. The van der Waals surface area contributed by atoms with Crippen molar-refractivity contribution < 1.29 is 18.7 Å². The largest absolute Gasteiger partial charge is 0.479 e. The number of aryl methyl sites for hydroxylation is 1. The van der Waals surface area contributed by atoms with Gasteiger partial charge in [-0.1, -0.05) is 11.6 Å². The van der Waals surface area contributed by atoms with Gasteiger partial charge in [0.2, 0.25) is 0 Å². The molecule has 0 bridgehead atoms. The third-order valence-corrected chi connectivity index (χ3v) is 3.23. The SMILES string of the molecule is Cc1cc(OC(C)C(=O)Oc2ccc(F)cc2)ccc1Cl. The van der Waals surface area contributed by atoms with Crippen LogP contribution in [0.25, 0.3) is 0 Å². The van der Waals surface area contributed by atoms with Gasteiger partial charge >= 0.3 is 5.97 Å². The van der Waals surface area contributed by atoms with Crippen LogP contribution in [0, 0.1) is 12.7 Å². The Labute approximate surface area is 127 Å². The highest BCUT2D eigenvalue weighted by Crippen LogP contribution is 2.22. The molecule has 1 atom stereocenters. The lowest BCUT2D eigenvalue weighted by molar-refractivity contribution is -0.141. The van der Waals surface area contributed by atoms with Crippen LogP contribution in [0.4, 0.5) is 4.39 Å². The van der Waals surface area contributed by atoms with E-state index in [1.165, 1.54) is 24.3 Å². The van der Waals surface area contributed by atoms with E-state index in [1.54, 1.807) is 25.1 Å². The Kier molecular flexibility index (Phi) is 4.81. The predicted octanol–water partition coefficient (Wildman–Crippen LogP) is 4.16. The minimum atomic E-state index is -0.796. The van der Waals surface area contributed by atoms with Crippen LogP contribution in [-0.2, 0) is 4.79 Å². The van der Waals surface area contributed by atoms with E-state index in [-0.39, 0.29) is 5.75 Å². The third kappa shape index (κ3) is 4.20. The topological polar surface area (TPSA) is 35.5 Å². The fourth-order valence-electron chi connectivity index (χ4n) is 1.64. The molecule has 0 N–H and O–H groups in total. The van der Waals surface area contributed by atoms with Gasteiger partial charge in [0.1, 0.15) is 17.3 Å². The molecular formula is C16H14ClFO3. The molecular weight excluding hydrogens is 295 g/mol. The van der Waals surface area contributed by atoms with Gasteiger partial charge in [0.15, 0.2) is 6.10 Å². The fraction of sp³-hybridized carbons (Fsp3) is 0.188. The monoisotopic (exact) mass is 308 g/mol. The number of hydrogen-bond acceptors (Lipinski definition) is 3. The third-order valence-electron chi connectivity index (χ3n) is 2.81. The number of rotatable bonds is 4. The maximum atomic E-state index is 12.8. The smallest absolute Gasteiger partial charge is 0.352 e. The highest BCUT2D eigenvalue weighted by Gasteiger charge is 2.17. The Morgan fingerprint density at radius 3 is 2.38 bits per heavy atom. The molecule has 0 spiro atoms. The van der Waals surface area contributed by atoms with Crippen LogP contribution in [0.15, 0.2) is 42.5 Å². The van der Waals surface area contributed by atoms with Crippen LogP contribution in [0.2, 0.25) is 5.02 Å². The molecule has 2 rings (SSSR count). The van der Waals surface area contributed by atoms with Gasteiger partial charge < -0.3 is 9.47 Å². The van der Waals surface area contributed by atoms with E-state index in [2.05, 4.69) is 0 Å². The minimum absolute atomic E-state index is 0.268. The van der Waals surface area contributed by atoms with Crippen molar-refractivity contribution in [3.8, 4) is 11.5 Å². The molecule has 3 nitrogen and oxygen atoms in total. The summed E-state index contributed by atoms with van der Waals surface area (Å²) in [5.41, 5.74) is 0.855. The second-order valence-corrected chi connectivity index (χ2v) is 4.95. The number of carbonyl (C=O) groups excluding carboxylic acids is 1. The number of carbonyl (C=O) groups is 1. The first-order valence-electron chi connectivity index (χ1n) is 6.36. The maximum absolute atomic E-state index is 12.8. The lowest BCUT2D eigenvalue weighted by Crippen LogP contribution is -2.28. The molecule has 2 aromatic carbocycles. The van der Waals surface area contributed by atoms with Crippen molar-refractivity contribution in [1.29, 1.82) is 0 Å². The summed E-state index contributed by atoms with van der Waals surface area (Å²) in [6, 6.07) is 10.3. The highest BCUT2D eigenvalue weighted by atomic mass is 35.5. The van der Waals surface area contributed by atoms with Crippen LogP contribution >= 0.6 is 11.6 Å². The van der Waals surface area contributed by atoms with Crippen molar-refractivity contribution in [2.45, 2.75) is 20.0 Å². The molecule has 1 unspecified atom stereocenters. The normalized spacial score (nSPS) is 11.8. The van der Waals surface area contributed by atoms with E-state index in [9.17, 15) is 9.18 Å². The molecule has 2 aromatic rings. The molecule has 0 aliphatic carbocycles. The van der Waals surface area contributed by atoms with Gasteiger partial charge in [-0.25, -0.2) is 9.18 Å². The zero-order valence-corrected chi connectivity index (χ0v) is 12.4. The molecule has 0 amide bonds. The molecule has 0 radical (unpaired) electrons. The minimum Gasteiger partial charge on any atom is -0.479 e. The van der Waals surface area contributed by atoms with Crippen molar-refractivity contribution in [3.63, 3.8) is 0 Å². The summed E-state index contributed by atoms with van der Waals surface area (Å²) in [7, 11) is 0. The van der Waals surface area contributed by atoms with Crippen LogP contribution in [0.3, 0.4) is 0 Å². The molecule has 0 heterocycles. The van der Waals surface area contributed by atoms with E-state index >= 15 is 0 Å². The lowest BCUT2D eigenvalue weighted by atomic mass is 10.2. The van der Waals surface area contributed by atoms with Crippen LogP contribution < -0.4 is 9.47 Å². The summed E-state index contributed by atoms with van der Waals surface area (Å²) >= 11 is 5.92. The van der Waals surface area contributed by atoms with E-state index in [0.29, 0.717) is 10.8 Å². The number of hydrogen-bond donors (Lipinski definition) is 0. The van der Waals surface area contributed by atoms with Gasteiger partial charge in [-0.2, -0.15) is 0 Å². The van der Waals surface area contributed by atoms with E-state index in [0.717, 1.165) is 5.56 Å². The summed E-state index contributed by atoms with van der Waals surface area (Å²) < 4.78 is 23.4. The second-order valence-electron chi connectivity index (χ2n) is 4.55. The summed E-state index contributed by atoms with van der Waals surface area (Å²) in [4.78, 5) is 11.9. The Bertz CT molecular complexity index is 640. The van der Waals surface area contributed by atoms with Gasteiger partial charge in [0.05, 0.1) is 0 Å². The summed E-state index contributed by atoms with van der Waals surface area (Å²) in [6.45, 7) is 3.42. The Morgan fingerprint density at radius 1 is 1.14 bits per heavy atom. The maximum Gasteiger partial charge on any atom is 0.352 e. The average Bonchev–Trinajstić information content (AvgIpc) is 2.45. The number of ether oxygens (including phenoxy) is 2. The van der Waals surface area contributed by atoms with Crippen molar-refractivity contribution in [3.05, 3.63) is 58.9 Å². The number of halogens is 2. The first-order valence-corrected chi connectivity index (χ1v) is 6.73. The van der Waals surface area contributed by atoms with Gasteiger partial charge in [0.25, 0.3) is 0 Å². The zero-order valence-electron chi connectivity index (χ0n) is 11.6. The first kappa shape index (κ1) is 15.3. The standard InChI is InChI=1S/C16H14ClFO3/c1-10-9-14(7-8-15(10)17)20-11(2)16(19)21-13-5-3-12(18)4-6-13/h3-9,11H,1-2H3. The van der Waals surface area contributed by atoms with Crippen molar-refractivity contribution in [1.82, 2.24) is 0 Å². The van der Waals surface area contributed by atoms with Crippen molar-refractivity contribution in [2.24, 2.45) is 0 Å². The molecule has 5 heteroatoms. The average molecular weight is 309 g/mol. The van der Waals surface area contributed by atoms with E-state index in [1.807, 2.05) is 6.92 Å². The van der Waals surface area contributed by atoms with Gasteiger partial charge in [-0.05, 0) is 61.9 Å². The molecule has 0 aromatic heterocycles. The van der Waals surface area contributed by atoms with Gasteiger partial charge in [-0.15, -0.1) is 0 Å². The quantitative estimate of drug-likeness (QED) is 0.628. The molecule has 0 saturated heterocycles. The van der Waals surface area contributed by atoms with E-state index in [4.69, 9.17) is 21.1 Å². The predicted molar refractivity (Wildman–Crippen MR) is 78.3 cm³/mol. The highest BCUT2D eigenvalue weighted by molar-refractivity contribution is 6.31. The molecule has 0 fully saturated rings. The molecule has 0 aliphatic rings. The number of esters is 1. The summed E-state index contributed by atoms with van der Waals surface area (Å²) in [6.07, 6.45) is -0.796. The van der Waals surface area contributed by atoms with Crippen LogP contribution in [0.5, 0.6) is 11.5 Å². The first-order chi connectivity index (χ1) is 9.95. The zero-order chi connectivity index (χ0) is 15.4. The van der Waals surface area contributed by atoms with Crippen molar-refractivity contribution >= 4 is 17.6 Å². The molecule has 0 aliphatic heterocycles.